The zero-order valence-electron chi connectivity index (χ0n) is 10.4. The van der Waals surface area contributed by atoms with Crippen molar-refractivity contribution in [1.82, 2.24) is 0 Å². The molecule has 1 aromatic carbocycles. The number of halogens is 6. The number of alkyl halides is 6. The van der Waals surface area contributed by atoms with Crippen LogP contribution < -0.4 is 5.73 Å². The molecule has 0 aliphatic carbocycles. The van der Waals surface area contributed by atoms with E-state index in [-0.39, 0.29) is 30.3 Å². The topological polar surface area (TPSA) is 47.6 Å². The fraction of sp³-hybridized carbons (Fsp3) is 0.417. The van der Waals surface area contributed by atoms with E-state index in [1.165, 1.54) is 0 Å². The third-order valence-corrected chi connectivity index (χ3v) is 2.92. The van der Waals surface area contributed by atoms with Gasteiger partial charge < -0.3 is 10.6 Å². The molecular weight excluding hydrogens is 302 g/mol. The van der Waals surface area contributed by atoms with Gasteiger partial charge in [0.15, 0.2) is 0 Å². The third kappa shape index (κ3) is 3.46. The van der Waals surface area contributed by atoms with Crippen molar-refractivity contribution in [1.29, 1.82) is 0 Å². The van der Waals surface area contributed by atoms with Gasteiger partial charge in [-0.25, -0.2) is 0 Å². The number of oxime groups is 1. The summed E-state index contributed by atoms with van der Waals surface area (Å²) in [5.41, 5.74) is 2.29. The van der Waals surface area contributed by atoms with Gasteiger partial charge >= 0.3 is 12.4 Å². The first-order chi connectivity index (χ1) is 9.61. The number of rotatable bonds is 2. The highest BCUT2D eigenvalue weighted by Crippen LogP contribution is 2.37. The Balaban J connectivity index is 2.47. The molecule has 0 aromatic heterocycles. The maximum atomic E-state index is 12.7. The minimum absolute atomic E-state index is 0.0158. The molecule has 0 saturated heterocycles. The first kappa shape index (κ1) is 15.6. The Morgan fingerprint density at radius 1 is 1.05 bits per heavy atom. The molecule has 0 spiro atoms. The molecule has 1 atom stereocenters. The van der Waals surface area contributed by atoms with Gasteiger partial charge in [-0.15, -0.1) is 0 Å². The van der Waals surface area contributed by atoms with Gasteiger partial charge in [0, 0.05) is 18.5 Å². The molecule has 1 heterocycles. The van der Waals surface area contributed by atoms with E-state index in [1.807, 2.05) is 0 Å². The van der Waals surface area contributed by atoms with Crippen LogP contribution in [0.25, 0.3) is 0 Å². The van der Waals surface area contributed by atoms with Crippen molar-refractivity contribution in [2.75, 3.05) is 6.54 Å². The van der Waals surface area contributed by atoms with E-state index in [1.54, 1.807) is 0 Å². The van der Waals surface area contributed by atoms with Crippen molar-refractivity contribution in [2.24, 2.45) is 10.9 Å². The number of nitrogens with zero attached hydrogens (tertiary/aromatic N) is 1. The van der Waals surface area contributed by atoms with E-state index < -0.39 is 29.6 Å². The molecule has 1 aliphatic heterocycles. The zero-order chi connectivity index (χ0) is 15.8. The van der Waals surface area contributed by atoms with Crippen molar-refractivity contribution in [2.45, 2.75) is 24.9 Å². The largest absolute Gasteiger partial charge is 0.416 e. The predicted octanol–water partition coefficient (Wildman–Crippen LogP) is 3.18. The van der Waals surface area contributed by atoms with Gasteiger partial charge in [-0.1, -0.05) is 5.16 Å². The van der Waals surface area contributed by atoms with Crippen LogP contribution in [0.2, 0.25) is 0 Å². The number of benzene rings is 1. The maximum absolute atomic E-state index is 12.7. The summed E-state index contributed by atoms with van der Waals surface area (Å²) in [6.45, 7) is 0.0675. The molecule has 21 heavy (non-hydrogen) atoms. The van der Waals surface area contributed by atoms with Crippen LogP contribution in [0.3, 0.4) is 0 Å². The fourth-order valence-corrected chi connectivity index (χ4v) is 1.85. The molecule has 3 nitrogen and oxygen atoms in total. The Morgan fingerprint density at radius 3 is 1.95 bits per heavy atom. The first-order valence-electron chi connectivity index (χ1n) is 5.84. The molecule has 0 fully saturated rings. The van der Waals surface area contributed by atoms with Gasteiger partial charge in [-0.05, 0) is 18.2 Å². The van der Waals surface area contributed by atoms with Gasteiger partial charge in [0.25, 0.3) is 0 Å². The van der Waals surface area contributed by atoms with Crippen LogP contribution in [0.1, 0.15) is 23.1 Å². The molecule has 1 aromatic rings. The van der Waals surface area contributed by atoms with Crippen molar-refractivity contribution >= 4 is 5.71 Å². The highest BCUT2D eigenvalue weighted by atomic mass is 19.4. The van der Waals surface area contributed by atoms with E-state index in [2.05, 4.69) is 5.16 Å². The minimum atomic E-state index is -4.89. The molecule has 116 valence electrons. The van der Waals surface area contributed by atoms with Gasteiger partial charge in [0.05, 0.1) is 16.8 Å². The van der Waals surface area contributed by atoms with E-state index in [9.17, 15) is 26.3 Å². The highest BCUT2D eigenvalue weighted by molar-refractivity contribution is 6.01. The van der Waals surface area contributed by atoms with Crippen LogP contribution in [0.5, 0.6) is 0 Å². The smallest absolute Gasteiger partial charge is 0.390 e. The average Bonchev–Trinajstić information content (AvgIpc) is 2.85. The van der Waals surface area contributed by atoms with E-state index >= 15 is 0 Å². The molecule has 0 radical (unpaired) electrons. The lowest BCUT2D eigenvalue weighted by Gasteiger charge is -2.13. The summed E-state index contributed by atoms with van der Waals surface area (Å²) in [5.74, 6) is 0. The lowest BCUT2D eigenvalue weighted by atomic mass is 9.99. The van der Waals surface area contributed by atoms with Gasteiger partial charge in [-0.3, -0.25) is 0 Å². The molecule has 2 N–H and O–H groups in total. The normalized spacial score (nSPS) is 19.4. The minimum Gasteiger partial charge on any atom is -0.390 e. The monoisotopic (exact) mass is 312 g/mol. The summed E-state index contributed by atoms with van der Waals surface area (Å²) in [7, 11) is 0. The summed E-state index contributed by atoms with van der Waals surface area (Å²) in [4.78, 5) is 4.82. The lowest BCUT2D eigenvalue weighted by Crippen LogP contribution is -2.20. The first-order valence-corrected chi connectivity index (χ1v) is 5.84. The molecule has 2 rings (SSSR count). The summed E-state index contributed by atoms with van der Waals surface area (Å²) >= 11 is 0. The maximum Gasteiger partial charge on any atom is 0.416 e. The van der Waals surface area contributed by atoms with E-state index in [0.717, 1.165) is 0 Å². The number of hydrogen-bond acceptors (Lipinski definition) is 3. The average molecular weight is 312 g/mol. The Bertz CT molecular complexity index is 532. The zero-order valence-corrected chi connectivity index (χ0v) is 10.4. The summed E-state index contributed by atoms with van der Waals surface area (Å²) < 4.78 is 76.2. The lowest BCUT2D eigenvalue weighted by molar-refractivity contribution is -0.143. The standard InChI is InChI=1S/C12H10F6N2O/c13-11(14,15)7-1-6(2-8(3-7)12(16,17)18)10-4-9(5-19)21-20-10/h1-3,9H,4-5,19H2. The quantitative estimate of drug-likeness (QED) is 0.853. The van der Waals surface area contributed by atoms with Crippen LogP contribution in [-0.2, 0) is 17.2 Å². The Kier molecular flexibility index (Phi) is 3.87. The van der Waals surface area contributed by atoms with Crippen molar-refractivity contribution in [3.8, 4) is 0 Å². The second-order valence-electron chi connectivity index (χ2n) is 4.50. The fourth-order valence-electron chi connectivity index (χ4n) is 1.85. The summed E-state index contributed by atoms with van der Waals surface area (Å²) in [5, 5.41) is 3.51. The van der Waals surface area contributed by atoms with E-state index in [0.29, 0.717) is 12.1 Å². The van der Waals surface area contributed by atoms with Gasteiger partial charge in [0.1, 0.15) is 6.10 Å². The second kappa shape index (κ2) is 5.21. The number of nitrogens with two attached hydrogens (primary N) is 1. The van der Waals surface area contributed by atoms with Crippen molar-refractivity contribution in [3.63, 3.8) is 0 Å². The van der Waals surface area contributed by atoms with Crippen LogP contribution >= 0.6 is 0 Å². The van der Waals surface area contributed by atoms with Crippen LogP contribution in [-0.4, -0.2) is 18.4 Å². The molecule has 1 unspecified atom stereocenters. The van der Waals surface area contributed by atoms with Crippen LogP contribution in [0.15, 0.2) is 23.4 Å². The highest BCUT2D eigenvalue weighted by Gasteiger charge is 2.37. The molecule has 1 aliphatic rings. The second-order valence-corrected chi connectivity index (χ2v) is 4.50. The Hall–Kier alpha value is -1.77. The molecule has 0 amide bonds. The van der Waals surface area contributed by atoms with Crippen LogP contribution in [0, 0.1) is 0 Å². The number of hydrogen-bond donors (Lipinski definition) is 1. The molecule has 0 saturated carbocycles. The molecular formula is C12H10F6N2O. The van der Waals surface area contributed by atoms with Crippen molar-refractivity contribution in [3.05, 3.63) is 34.9 Å². The van der Waals surface area contributed by atoms with Crippen molar-refractivity contribution < 1.29 is 31.2 Å². The SMILES string of the molecule is NCC1CC(c2cc(C(F)(F)F)cc(C(F)(F)F)c2)=NO1. The Labute approximate surface area is 115 Å². The molecule has 9 heteroatoms. The summed E-state index contributed by atoms with van der Waals surface area (Å²) in [6, 6.07) is 1.31. The Morgan fingerprint density at radius 2 is 1.57 bits per heavy atom. The van der Waals surface area contributed by atoms with E-state index in [4.69, 9.17) is 10.6 Å². The van der Waals surface area contributed by atoms with Gasteiger partial charge in [0.2, 0.25) is 0 Å². The van der Waals surface area contributed by atoms with Gasteiger partial charge in [-0.2, -0.15) is 26.3 Å². The third-order valence-electron chi connectivity index (χ3n) is 2.92. The predicted molar refractivity (Wildman–Crippen MR) is 61.5 cm³/mol. The summed E-state index contributed by atoms with van der Waals surface area (Å²) in [6.07, 6.45) is -10.2. The molecule has 0 bridgehead atoms. The van der Waals surface area contributed by atoms with Crippen LogP contribution in [0.4, 0.5) is 26.3 Å².